The maximum atomic E-state index is 12.6. The molecule has 1 aliphatic heterocycles. The summed E-state index contributed by atoms with van der Waals surface area (Å²) in [6, 6.07) is 0. The summed E-state index contributed by atoms with van der Waals surface area (Å²) in [6.45, 7) is 14.5. The van der Waals surface area contributed by atoms with Crippen molar-refractivity contribution in [2.24, 2.45) is 46.3 Å². The lowest BCUT2D eigenvalue weighted by Gasteiger charge is -2.58. The minimum Gasteiger partial charge on any atom is -0.463 e. The number of carbonyl (C=O) groups is 1. The molecule has 4 aliphatic carbocycles. The summed E-state index contributed by atoms with van der Waals surface area (Å²) >= 11 is 0. The van der Waals surface area contributed by atoms with E-state index in [9.17, 15) is 20.1 Å². The van der Waals surface area contributed by atoms with Crippen LogP contribution >= 0.6 is 0 Å². The number of carbonyl (C=O) groups excluding carboxylic acids is 1. The van der Waals surface area contributed by atoms with Crippen molar-refractivity contribution in [3.05, 3.63) is 23.8 Å². The zero-order chi connectivity index (χ0) is 43.8. The van der Waals surface area contributed by atoms with Crippen molar-refractivity contribution in [2.45, 2.75) is 258 Å². The number of aliphatic hydroxyl groups is 3. The Morgan fingerprint density at radius 1 is 0.770 bits per heavy atom. The summed E-state index contributed by atoms with van der Waals surface area (Å²) in [5.41, 5.74) is 2.14. The summed E-state index contributed by atoms with van der Waals surface area (Å²) in [4.78, 5) is 12.6. The number of rotatable bonds is 27. The van der Waals surface area contributed by atoms with Gasteiger partial charge >= 0.3 is 5.97 Å². The van der Waals surface area contributed by atoms with Gasteiger partial charge in [0.1, 0.15) is 31.0 Å². The summed E-state index contributed by atoms with van der Waals surface area (Å²) in [7, 11) is 0. The molecule has 7 nitrogen and oxygen atoms in total. The summed E-state index contributed by atoms with van der Waals surface area (Å²) in [5.74, 6) is 4.43. The van der Waals surface area contributed by atoms with E-state index in [0.717, 1.165) is 74.5 Å². The second kappa shape index (κ2) is 25.4. The minimum atomic E-state index is -1.44. The largest absolute Gasteiger partial charge is 0.463 e. The van der Waals surface area contributed by atoms with Crippen LogP contribution in [-0.2, 0) is 19.0 Å². The first-order valence-corrected chi connectivity index (χ1v) is 26.2. The molecule has 4 fully saturated rings. The third kappa shape index (κ3) is 14.1. The molecule has 13 unspecified atom stereocenters. The van der Waals surface area contributed by atoms with Crippen molar-refractivity contribution in [2.75, 3.05) is 6.61 Å². The van der Waals surface area contributed by atoms with Crippen LogP contribution in [-0.4, -0.2) is 64.7 Å². The quantitative estimate of drug-likeness (QED) is 0.0429. The van der Waals surface area contributed by atoms with Crippen molar-refractivity contribution in [1.29, 1.82) is 0 Å². The third-order valence-corrected chi connectivity index (χ3v) is 17.1. The lowest BCUT2D eigenvalue weighted by atomic mass is 9.47. The Morgan fingerprint density at radius 3 is 2.10 bits per heavy atom. The molecular weight excluding hydrogens is 761 g/mol. The Hall–Kier alpha value is -1.25. The summed E-state index contributed by atoms with van der Waals surface area (Å²) in [6.07, 6.45) is 34.5. The molecule has 3 saturated carbocycles. The molecule has 13 atom stereocenters. The zero-order valence-corrected chi connectivity index (χ0v) is 40.1. The van der Waals surface area contributed by atoms with Gasteiger partial charge in [0.15, 0.2) is 6.29 Å². The van der Waals surface area contributed by atoms with E-state index in [-0.39, 0.29) is 24.1 Å². The fourth-order valence-corrected chi connectivity index (χ4v) is 13.2. The van der Waals surface area contributed by atoms with E-state index >= 15 is 0 Å². The average Bonchev–Trinajstić information content (AvgIpc) is 3.60. The number of aliphatic hydroxyl groups excluding tert-OH is 3. The lowest BCUT2D eigenvalue weighted by Crippen LogP contribution is -2.60. The molecule has 0 bridgehead atoms. The molecule has 61 heavy (non-hydrogen) atoms. The highest BCUT2D eigenvalue weighted by molar-refractivity contribution is 5.69. The first-order chi connectivity index (χ1) is 29.4. The van der Waals surface area contributed by atoms with E-state index in [0.29, 0.717) is 17.8 Å². The number of unbranched alkanes of at least 4 members (excludes halogenated alkanes) is 14. The van der Waals surface area contributed by atoms with Gasteiger partial charge in [-0.2, -0.15) is 0 Å². The monoisotopic (exact) mass is 855 g/mol. The molecule has 0 amide bonds. The number of fused-ring (bicyclic) bond motifs is 5. The van der Waals surface area contributed by atoms with Crippen LogP contribution in [0.15, 0.2) is 23.8 Å². The standard InChI is InChI=1S/C54H94O7/c1-7-8-9-10-11-12-13-14-15-16-17-18-19-20-21-22-23-24-28-48(55)59-38-47-49(56)50(57)51(58)52(61-47)60-42-33-35-53(5)41(37-42)29-30-43-45-32-31-44(40(4)27-25-26-39(2)3)54(45,6)36-34-46(43)53/h15-16,29,39-40,42-47,49-52,56-58H,7-14,17-28,30-38H2,1-6H3/b16-15-. The van der Waals surface area contributed by atoms with Crippen LogP contribution in [0, 0.1) is 46.3 Å². The van der Waals surface area contributed by atoms with Crippen molar-refractivity contribution >= 4 is 5.97 Å². The smallest absolute Gasteiger partial charge is 0.305 e. The topological polar surface area (TPSA) is 105 Å². The number of hydrogen-bond donors (Lipinski definition) is 3. The van der Waals surface area contributed by atoms with Crippen LogP contribution in [0.3, 0.4) is 0 Å². The molecular formula is C54H94O7. The van der Waals surface area contributed by atoms with Gasteiger partial charge in [0.2, 0.25) is 0 Å². The molecule has 5 aliphatic rings. The molecule has 3 N–H and O–H groups in total. The van der Waals surface area contributed by atoms with Gasteiger partial charge in [0.25, 0.3) is 0 Å². The van der Waals surface area contributed by atoms with E-state index in [4.69, 9.17) is 14.2 Å². The van der Waals surface area contributed by atoms with Crippen molar-refractivity contribution in [3.8, 4) is 0 Å². The van der Waals surface area contributed by atoms with Gasteiger partial charge in [-0.3, -0.25) is 4.79 Å². The SMILES string of the molecule is CCCCCCCCC/C=C\CCCCCCCCCC(=O)OCC1OC(OC2CCC3(C)C(=CCC4C3CCC3(C)C(C(C)CCCC(C)C)CCC43)C2)C(O)C(O)C1O. The maximum Gasteiger partial charge on any atom is 0.305 e. The molecule has 0 spiro atoms. The van der Waals surface area contributed by atoms with Crippen molar-refractivity contribution in [3.63, 3.8) is 0 Å². The molecule has 0 radical (unpaired) electrons. The Bertz CT molecular complexity index is 1330. The number of allylic oxidation sites excluding steroid dienone is 3. The van der Waals surface area contributed by atoms with Crippen molar-refractivity contribution in [1.82, 2.24) is 0 Å². The van der Waals surface area contributed by atoms with Gasteiger partial charge in [-0.05, 0) is 130 Å². The van der Waals surface area contributed by atoms with Crippen LogP contribution in [0.4, 0.5) is 0 Å². The normalized spacial score (nSPS) is 35.5. The number of hydrogen-bond acceptors (Lipinski definition) is 7. The average molecular weight is 855 g/mol. The molecule has 5 rings (SSSR count). The Morgan fingerprint density at radius 2 is 1.43 bits per heavy atom. The van der Waals surface area contributed by atoms with E-state index in [1.807, 2.05) is 0 Å². The molecule has 0 aromatic heterocycles. The van der Waals surface area contributed by atoms with Gasteiger partial charge in [-0.15, -0.1) is 0 Å². The summed E-state index contributed by atoms with van der Waals surface area (Å²) in [5, 5.41) is 32.5. The molecule has 7 heteroatoms. The summed E-state index contributed by atoms with van der Waals surface area (Å²) < 4.78 is 18.0. The Balaban J connectivity index is 0.970. The number of esters is 1. The van der Waals surface area contributed by atoms with Crippen molar-refractivity contribution < 1.29 is 34.3 Å². The van der Waals surface area contributed by atoms with Crippen LogP contribution < -0.4 is 0 Å². The van der Waals surface area contributed by atoms with E-state index < -0.39 is 30.7 Å². The van der Waals surface area contributed by atoms with Crippen LogP contribution in [0.1, 0.15) is 221 Å². The van der Waals surface area contributed by atoms with Gasteiger partial charge in [-0.1, -0.05) is 155 Å². The molecule has 0 aromatic rings. The maximum absolute atomic E-state index is 12.6. The lowest BCUT2D eigenvalue weighted by molar-refractivity contribution is -0.313. The first-order valence-electron chi connectivity index (χ1n) is 26.2. The Kier molecular flexibility index (Phi) is 21.2. The van der Waals surface area contributed by atoms with E-state index in [1.165, 1.54) is 134 Å². The van der Waals surface area contributed by atoms with Gasteiger partial charge in [-0.25, -0.2) is 0 Å². The van der Waals surface area contributed by atoms with Crippen LogP contribution in [0.25, 0.3) is 0 Å². The number of ether oxygens (including phenoxy) is 3. The highest BCUT2D eigenvalue weighted by atomic mass is 16.7. The van der Waals surface area contributed by atoms with Crippen LogP contribution in [0.2, 0.25) is 0 Å². The highest BCUT2D eigenvalue weighted by Crippen LogP contribution is 2.67. The van der Waals surface area contributed by atoms with Crippen LogP contribution in [0.5, 0.6) is 0 Å². The molecule has 1 saturated heterocycles. The fourth-order valence-electron chi connectivity index (χ4n) is 13.2. The molecule has 1 heterocycles. The third-order valence-electron chi connectivity index (χ3n) is 17.1. The van der Waals surface area contributed by atoms with E-state index in [1.54, 1.807) is 0 Å². The molecule has 352 valence electrons. The highest BCUT2D eigenvalue weighted by Gasteiger charge is 2.59. The second-order valence-corrected chi connectivity index (χ2v) is 21.9. The predicted molar refractivity (Wildman–Crippen MR) is 249 cm³/mol. The molecule has 0 aromatic carbocycles. The minimum absolute atomic E-state index is 0.140. The second-order valence-electron chi connectivity index (χ2n) is 21.9. The predicted octanol–water partition coefficient (Wildman–Crippen LogP) is 13.0. The van der Waals surface area contributed by atoms with Gasteiger partial charge < -0.3 is 29.5 Å². The van der Waals surface area contributed by atoms with Gasteiger partial charge in [0.05, 0.1) is 6.10 Å². The zero-order valence-electron chi connectivity index (χ0n) is 40.1. The fraction of sp³-hybridized carbons (Fsp3) is 0.907. The Labute approximate surface area is 374 Å². The van der Waals surface area contributed by atoms with Gasteiger partial charge in [0, 0.05) is 6.42 Å². The first kappa shape index (κ1) is 50.7. The van der Waals surface area contributed by atoms with E-state index in [2.05, 4.69) is 59.8 Å².